The zero-order valence-corrected chi connectivity index (χ0v) is 16.8. The van der Waals surface area contributed by atoms with Crippen molar-refractivity contribution >= 4 is 17.8 Å². The van der Waals surface area contributed by atoms with Gasteiger partial charge in [-0.05, 0) is 43.1 Å². The minimum Gasteiger partial charge on any atom is -0.383 e. The molecule has 6 heteroatoms. The Morgan fingerprint density at radius 3 is 2.70 bits per heavy atom. The molecular formula is C21H31N3O3. The smallest absolute Gasteiger partial charge is 0.226 e. The fourth-order valence-electron chi connectivity index (χ4n) is 4.84. The molecule has 1 aliphatic heterocycles. The van der Waals surface area contributed by atoms with Gasteiger partial charge in [0.15, 0.2) is 0 Å². The van der Waals surface area contributed by atoms with Crippen LogP contribution in [0.4, 0.5) is 0 Å². The number of amides is 2. The second-order valence-corrected chi connectivity index (χ2v) is 8.12. The van der Waals surface area contributed by atoms with Crippen LogP contribution in [0.3, 0.4) is 0 Å². The number of aliphatic imine (C=N–C) groups is 1. The maximum Gasteiger partial charge on any atom is 0.226 e. The number of nitrogens with one attached hydrogen (secondary N) is 1. The Morgan fingerprint density at radius 1 is 1.33 bits per heavy atom. The molecule has 3 rings (SSSR count). The minimum atomic E-state index is -1.06. The monoisotopic (exact) mass is 373 g/mol. The summed E-state index contributed by atoms with van der Waals surface area (Å²) < 4.78 is 0. The van der Waals surface area contributed by atoms with Crippen LogP contribution in [-0.4, -0.2) is 39.4 Å². The number of carbonyl (C=O) groups excluding carboxylic acids is 2. The number of carbonyl (C=O) groups is 2. The van der Waals surface area contributed by atoms with Crippen LogP contribution < -0.4 is 5.32 Å². The van der Waals surface area contributed by atoms with E-state index in [0.717, 1.165) is 37.7 Å². The molecule has 0 unspecified atom stereocenters. The van der Waals surface area contributed by atoms with Gasteiger partial charge in [-0.15, -0.1) is 0 Å². The number of allylic oxidation sites excluding steroid dienone is 1. The lowest BCUT2D eigenvalue weighted by atomic mass is 9.69. The van der Waals surface area contributed by atoms with Gasteiger partial charge >= 0.3 is 0 Å². The van der Waals surface area contributed by atoms with Gasteiger partial charge in [-0.25, -0.2) is 4.99 Å². The number of unbranched alkanes of at least 4 members (excludes halogenated alkanes) is 1. The Kier molecular flexibility index (Phi) is 5.56. The van der Waals surface area contributed by atoms with Gasteiger partial charge in [-0.3, -0.25) is 19.8 Å². The molecule has 0 aromatic rings. The van der Waals surface area contributed by atoms with Crippen molar-refractivity contribution in [3.05, 3.63) is 23.4 Å². The molecule has 0 spiro atoms. The van der Waals surface area contributed by atoms with Crippen molar-refractivity contribution in [1.29, 1.82) is 0 Å². The van der Waals surface area contributed by atoms with Crippen molar-refractivity contribution in [3.8, 4) is 0 Å². The van der Waals surface area contributed by atoms with Crippen molar-refractivity contribution in [2.45, 2.75) is 77.9 Å². The first-order valence-electron chi connectivity index (χ1n) is 10.1. The highest BCUT2D eigenvalue weighted by Crippen LogP contribution is 2.52. The Labute approximate surface area is 161 Å². The van der Waals surface area contributed by atoms with Crippen molar-refractivity contribution in [3.63, 3.8) is 0 Å². The molecule has 1 fully saturated rings. The van der Waals surface area contributed by atoms with Gasteiger partial charge in [-0.2, -0.15) is 0 Å². The predicted molar refractivity (Wildman–Crippen MR) is 105 cm³/mol. The highest BCUT2D eigenvalue weighted by Gasteiger charge is 2.53. The Balaban J connectivity index is 2.06. The third kappa shape index (κ3) is 3.47. The zero-order chi connectivity index (χ0) is 19.8. The third-order valence-corrected chi connectivity index (χ3v) is 6.16. The lowest BCUT2D eigenvalue weighted by Gasteiger charge is -2.46. The molecule has 2 N–H and O–H groups in total. The number of aliphatic hydroxyl groups is 1. The summed E-state index contributed by atoms with van der Waals surface area (Å²) in [4.78, 5) is 30.3. The van der Waals surface area contributed by atoms with E-state index in [0.29, 0.717) is 18.0 Å². The van der Waals surface area contributed by atoms with Gasteiger partial charge in [0.1, 0.15) is 5.60 Å². The van der Waals surface area contributed by atoms with Crippen LogP contribution in [-0.2, 0) is 9.59 Å². The van der Waals surface area contributed by atoms with E-state index >= 15 is 0 Å². The van der Waals surface area contributed by atoms with Gasteiger partial charge in [-0.1, -0.05) is 32.4 Å². The highest BCUT2D eigenvalue weighted by atomic mass is 16.3. The van der Waals surface area contributed by atoms with Crippen LogP contribution in [0.25, 0.3) is 0 Å². The highest BCUT2D eigenvalue weighted by molar-refractivity contribution is 6.05. The number of rotatable bonds is 4. The molecule has 6 nitrogen and oxygen atoms in total. The van der Waals surface area contributed by atoms with Crippen LogP contribution in [0.15, 0.2) is 28.4 Å². The Bertz CT molecular complexity index is 724. The second kappa shape index (κ2) is 7.58. The molecule has 27 heavy (non-hydrogen) atoms. The van der Waals surface area contributed by atoms with Gasteiger partial charge < -0.3 is 5.11 Å². The number of guanidine groups is 1. The second-order valence-electron chi connectivity index (χ2n) is 8.12. The molecule has 0 aromatic heterocycles. The number of hydrogen-bond acceptors (Lipinski definition) is 4. The summed E-state index contributed by atoms with van der Waals surface area (Å²) in [6, 6.07) is -0.111. The number of hydrogen-bond donors (Lipinski definition) is 2. The normalized spacial score (nSPS) is 32.6. The summed E-state index contributed by atoms with van der Waals surface area (Å²) in [5, 5.41) is 14.4. The lowest BCUT2D eigenvalue weighted by Crippen LogP contribution is -2.56. The summed E-state index contributed by atoms with van der Waals surface area (Å²) in [5.41, 5.74) is 0.714. The summed E-state index contributed by atoms with van der Waals surface area (Å²) in [7, 11) is 0. The Morgan fingerprint density at radius 2 is 2.07 bits per heavy atom. The Hall–Kier alpha value is -1.95. The molecule has 0 radical (unpaired) electrons. The first kappa shape index (κ1) is 19.8. The quantitative estimate of drug-likeness (QED) is 0.744. The first-order valence-corrected chi connectivity index (χ1v) is 10.1. The molecule has 1 heterocycles. The van der Waals surface area contributed by atoms with Gasteiger partial charge in [0.05, 0.1) is 11.7 Å². The van der Waals surface area contributed by atoms with Crippen LogP contribution >= 0.6 is 0 Å². The first-order chi connectivity index (χ1) is 12.8. The molecular weight excluding hydrogens is 342 g/mol. The van der Waals surface area contributed by atoms with E-state index in [1.165, 1.54) is 13.8 Å². The largest absolute Gasteiger partial charge is 0.383 e. The van der Waals surface area contributed by atoms with Crippen LogP contribution in [0, 0.1) is 11.8 Å². The van der Waals surface area contributed by atoms with Crippen LogP contribution in [0.1, 0.15) is 66.2 Å². The fraction of sp³-hybridized carbons (Fsp3) is 0.667. The third-order valence-electron chi connectivity index (χ3n) is 6.16. The lowest BCUT2D eigenvalue weighted by molar-refractivity contribution is -0.126. The summed E-state index contributed by atoms with van der Waals surface area (Å²) in [5.74, 6) is 0.268. The van der Waals surface area contributed by atoms with Crippen molar-refractivity contribution in [2.75, 3.05) is 0 Å². The van der Waals surface area contributed by atoms with Gasteiger partial charge in [0.25, 0.3) is 0 Å². The van der Waals surface area contributed by atoms with Crippen molar-refractivity contribution in [1.82, 2.24) is 10.2 Å². The van der Waals surface area contributed by atoms with E-state index < -0.39 is 5.60 Å². The molecule has 2 aliphatic carbocycles. The predicted octanol–water partition coefficient (Wildman–Crippen LogP) is 2.89. The SMILES string of the molecule is CCC/C=C\C[C@]1(O)C2=C3[C@@H](CC[C@@H]3N(C(C)=O)C(NC(C)=O)=N2)C[C@@H]1C. The summed E-state index contributed by atoms with van der Waals surface area (Å²) >= 11 is 0. The molecule has 0 aromatic carbocycles. The maximum absolute atomic E-state index is 12.3. The van der Waals surface area contributed by atoms with Gasteiger partial charge in [0, 0.05) is 20.3 Å². The molecule has 3 aliphatic rings. The maximum atomic E-state index is 12.3. The van der Waals surface area contributed by atoms with E-state index in [1.54, 1.807) is 4.90 Å². The minimum absolute atomic E-state index is 0.0671. The van der Waals surface area contributed by atoms with E-state index in [4.69, 9.17) is 0 Å². The fourth-order valence-corrected chi connectivity index (χ4v) is 4.84. The molecule has 0 bridgehead atoms. The molecule has 0 saturated heterocycles. The van der Waals surface area contributed by atoms with E-state index in [9.17, 15) is 14.7 Å². The average molecular weight is 373 g/mol. The topological polar surface area (TPSA) is 82.0 Å². The van der Waals surface area contributed by atoms with Crippen LogP contribution in [0.5, 0.6) is 0 Å². The van der Waals surface area contributed by atoms with E-state index in [-0.39, 0.29) is 29.7 Å². The summed E-state index contributed by atoms with van der Waals surface area (Å²) in [6.45, 7) is 7.12. The molecule has 148 valence electrons. The molecule has 2 amide bonds. The average Bonchev–Trinajstić information content (AvgIpc) is 2.99. The number of nitrogens with zero attached hydrogens (tertiary/aromatic N) is 2. The zero-order valence-electron chi connectivity index (χ0n) is 16.8. The van der Waals surface area contributed by atoms with E-state index in [2.05, 4.69) is 30.2 Å². The summed E-state index contributed by atoms with van der Waals surface area (Å²) in [6.07, 6.45) is 9.45. The standard InChI is InChI=1S/C21H31N3O3/c1-5-6-7-8-11-21(27)13(2)12-16-9-10-17-18(16)19(21)23-20(22-14(3)25)24(17)15(4)26/h7-8,13,16-17,27H,5-6,9-12H2,1-4H3,(H,22,23,25)/b8-7-/t13-,16-,17-,21+/m0/s1. The molecule has 1 saturated carbocycles. The van der Waals surface area contributed by atoms with Gasteiger partial charge in [0.2, 0.25) is 17.8 Å². The van der Waals surface area contributed by atoms with Crippen molar-refractivity contribution in [2.24, 2.45) is 16.8 Å². The van der Waals surface area contributed by atoms with Crippen LogP contribution in [0.2, 0.25) is 0 Å². The van der Waals surface area contributed by atoms with Crippen molar-refractivity contribution < 1.29 is 14.7 Å². The molecule has 4 atom stereocenters. The van der Waals surface area contributed by atoms with E-state index in [1.807, 2.05) is 6.08 Å².